The molecule has 7 heteroatoms. The number of imide groups is 1. The number of hydrogen-bond acceptors (Lipinski definition) is 4. The van der Waals surface area contributed by atoms with E-state index < -0.39 is 19.8 Å². The molecule has 2 rings (SSSR count). The van der Waals surface area contributed by atoms with Crippen molar-refractivity contribution < 1.29 is 19.1 Å². The van der Waals surface area contributed by atoms with Crippen molar-refractivity contribution in [3.63, 3.8) is 0 Å². The van der Waals surface area contributed by atoms with Crippen LogP contribution in [0.25, 0.3) is 0 Å². The summed E-state index contributed by atoms with van der Waals surface area (Å²) in [4.78, 5) is 28.4. The van der Waals surface area contributed by atoms with Gasteiger partial charge in [-0.15, -0.1) is 0 Å². The van der Waals surface area contributed by atoms with Gasteiger partial charge in [-0.2, -0.15) is 0 Å². The number of nitrogens with zero attached hydrogens (tertiary/aromatic N) is 1. The fourth-order valence-electron chi connectivity index (χ4n) is 4.50. The molecule has 1 heterocycles. The molecular weight excluding hydrogens is 521 g/mol. The van der Waals surface area contributed by atoms with Crippen molar-refractivity contribution in [2.45, 2.75) is 96.6 Å². The lowest BCUT2D eigenvalue weighted by Crippen LogP contribution is -2.62. The fraction of sp³-hybridized carbons (Fsp3) is 0.750. The molecule has 4 atom stereocenters. The molecular formula is C24H40INO4Si. The average molecular weight is 562 g/mol. The first-order valence-corrected chi connectivity index (χ1v) is 15.7. The van der Waals surface area contributed by atoms with Crippen LogP contribution in [0.4, 0.5) is 0 Å². The smallest absolute Gasteiger partial charge is 0.238 e. The fourth-order valence-corrected chi connectivity index (χ4v) is 6.28. The van der Waals surface area contributed by atoms with E-state index >= 15 is 0 Å². The summed E-state index contributed by atoms with van der Waals surface area (Å²) in [5.74, 6) is -0.393. The van der Waals surface area contributed by atoms with E-state index in [2.05, 4.69) is 74.7 Å². The zero-order chi connectivity index (χ0) is 23.4. The molecule has 5 nitrogen and oxygen atoms in total. The van der Waals surface area contributed by atoms with Crippen LogP contribution in [0.15, 0.2) is 22.3 Å². The van der Waals surface area contributed by atoms with Crippen LogP contribution in [0.1, 0.15) is 66.2 Å². The molecule has 0 unspecified atom stereocenters. The molecule has 2 aliphatic rings. The monoisotopic (exact) mass is 561 g/mol. The zero-order valence-electron chi connectivity index (χ0n) is 20.0. The van der Waals surface area contributed by atoms with Gasteiger partial charge in [0.15, 0.2) is 8.32 Å². The van der Waals surface area contributed by atoms with E-state index in [-0.39, 0.29) is 35.3 Å². The molecule has 1 aliphatic heterocycles. The first kappa shape index (κ1) is 26.7. The van der Waals surface area contributed by atoms with Crippen LogP contribution in [0, 0.1) is 11.3 Å². The molecule has 0 aromatic carbocycles. The highest BCUT2D eigenvalue weighted by atomic mass is 127. The number of aliphatic hydroxyl groups is 1. The van der Waals surface area contributed by atoms with Gasteiger partial charge in [-0.05, 0) is 53.8 Å². The first-order valence-electron chi connectivity index (χ1n) is 11.5. The van der Waals surface area contributed by atoms with Gasteiger partial charge in [-0.25, -0.2) is 0 Å². The van der Waals surface area contributed by atoms with Crippen LogP contribution >= 0.6 is 22.6 Å². The lowest BCUT2D eigenvalue weighted by Gasteiger charge is -2.52. The predicted molar refractivity (Wildman–Crippen MR) is 136 cm³/mol. The third-order valence-corrected chi connectivity index (χ3v) is 12.2. The number of carbonyl (C=O) groups is 2. The summed E-state index contributed by atoms with van der Waals surface area (Å²) in [6, 6.07) is 0. The Bertz CT molecular complexity index is 715. The maximum absolute atomic E-state index is 14.0. The quantitative estimate of drug-likeness (QED) is 0.250. The molecule has 0 aromatic heterocycles. The molecule has 0 saturated carbocycles. The lowest BCUT2D eigenvalue weighted by molar-refractivity contribution is -0.164. The van der Waals surface area contributed by atoms with E-state index in [1.54, 1.807) is 0 Å². The van der Waals surface area contributed by atoms with Crippen LogP contribution < -0.4 is 0 Å². The Kier molecular flexibility index (Phi) is 9.15. The number of amides is 2. The highest BCUT2D eigenvalue weighted by Gasteiger charge is 2.57. The maximum atomic E-state index is 14.0. The highest BCUT2D eigenvalue weighted by molar-refractivity contribution is 14.1. The number of carbonyl (C=O) groups excluding carboxylic acids is 2. The summed E-state index contributed by atoms with van der Waals surface area (Å²) < 4.78 is 8.82. The number of rotatable bonds is 7. The minimum atomic E-state index is -2.14. The number of hydrogen-bond donors (Lipinski definition) is 1. The standard InChI is InChI=1S/C24H40INO4Si/c1-7-10-19(27)17-21(28)26-16-9-14-24(22(26)29)18(13-15-25)11-8-12-20(24)30-31(5,6)23(2,3)4/h8,12-13,15,18-20,27H,7,9-11,14,16-17H2,1-6H3/b15-13-/t18-,19-,20-,24+/m1/s1. The molecule has 0 aromatic rings. The number of allylic oxidation sites excluding steroid dienone is 2. The van der Waals surface area contributed by atoms with Crippen LogP contribution in [0.5, 0.6) is 0 Å². The van der Waals surface area contributed by atoms with Gasteiger partial charge in [0.2, 0.25) is 11.8 Å². The van der Waals surface area contributed by atoms with Crippen molar-refractivity contribution in [3.05, 3.63) is 22.3 Å². The molecule has 1 spiro atoms. The Hall–Kier alpha value is -0.513. The number of piperidine rings is 1. The van der Waals surface area contributed by atoms with E-state index in [9.17, 15) is 14.7 Å². The number of halogens is 1. The van der Waals surface area contributed by atoms with Gasteiger partial charge in [0, 0.05) is 6.54 Å². The summed E-state index contributed by atoms with van der Waals surface area (Å²) in [6.45, 7) is 13.4. The second kappa shape index (κ2) is 10.6. The Morgan fingerprint density at radius 2 is 2.13 bits per heavy atom. The number of likely N-dealkylation sites (tertiary alicyclic amines) is 1. The van der Waals surface area contributed by atoms with E-state index in [4.69, 9.17) is 4.43 Å². The SMILES string of the molecule is CCC[C@@H](O)CC(=O)N1CCC[C@]2(C1=O)[C@@H](/C=C\I)CC=C[C@H]2O[Si](C)(C)C(C)(C)C. The van der Waals surface area contributed by atoms with Crippen molar-refractivity contribution in [1.29, 1.82) is 0 Å². The van der Waals surface area contributed by atoms with Gasteiger partial charge in [0.05, 0.1) is 24.0 Å². The van der Waals surface area contributed by atoms with Crippen LogP contribution in [-0.4, -0.2) is 48.9 Å². The number of aliphatic hydroxyl groups excluding tert-OH is 1. The minimum absolute atomic E-state index is 0.00600. The van der Waals surface area contributed by atoms with Gasteiger partial charge in [0.1, 0.15) is 0 Å². The van der Waals surface area contributed by atoms with Crippen LogP contribution in [-0.2, 0) is 14.0 Å². The van der Waals surface area contributed by atoms with Gasteiger partial charge < -0.3 is 9.53 Å². The third kappa shape index (κ3) is 5.71. The van der Waals surface area contributed by atoms with Crippen molar-refractivity contribution >= 4 is 42.7 Å². The predicted octanol–water partition coefficient (Wildman–Crippen LogP) is 5.59. The summed E-state index contributed by atoms with van der Waals surface area (Å²) in [7, 11) is -2.14. The van der Waals surface area contributed by atoms with Crippen molar-refractivity contribution in [2.24, 2.45) is 11.3 Å². The molecule has 1 saturated heterocycles. The zero-order valence-corrected chi connectivity index (χ0v) is 23.1. The second-order valence-corrected chi connectivity index (χ2v) is 16.0. The third-order valence-electron chi connectivity index (χ3n) is 7.35. The minimum Gasteiger partial charge on any atom is -0.409 e. The molecule has 1 fully saturated rings. The summed E-state index contributed by atoms with van der Waals surface area (Å²) in [5, 5.41) is 10.2. The van der Waals surface area contributed by atoms with Crippen LogP contribution in [0.3, 0.4) is 0 Å². The molecule has 176 valence electrons. The normalized spacial score (nSPS) is 28.5. The largest absolute Gasteiger partial charge is 0.409 e. The summed E-state index contributed by atoms with van der Waals surface area (Å²) >= 11 is 2.21. The van der Waals surface area contributed by atoms with E-state index in [0.29, 0.717) is 19.4 Å². The van der Waals surface area contributed by atoms with Crippen molar-refractivity contribution in [3.8, 4) is 0 Å². The van der Waals surface area contributed by atoms with Gasteiger partial charge in [0.25, 0.3) is 0 Å². The Balaban J connectivity index is 2.43. The topological polar surface area (TPSA) is 66.8 Å². The molecule has 2 amide bonds. The Morgan fingerprint density at radius 1 is 1.45 bits per heavy atom. The highest BCUT2D eigenvalue weighted by Crippen LogP contribution is 2.50. The maximum Gasteiger partial charge on any atom is 0.238 e. The van der Waals surface area contributed by atoms with Gasteiger partial charge >= 0.3 is 0 Å². The Labute approximate surface area is 202 Å². The molecule has 1 N–H and O–H groups in total. The molecule has 1 aliphatic carbocycles. The van der Waals surface area contributed by atoms with Gasteiger partial charge in [-0.1, -0.05) is 74.9 Å². The lowest BCUT2D eigenvalue weighted by atomic mass is 9.62. The van der Waals surface area contributed by atoms with Gasteiger partial charge in [-0.3, -0.25) is 14.5 Å². The van der Waals surface area contributed by atoms with Crippen molar-refractivity contribution in [1.82, 2.24) is 4.90 Å². The molecule has 31 heavy (non-hydrogen) atoms. The van der Waals surface area contributed by atoms with E-state index in [1.165, 1.54) is 4.90 Å². The van der Waals surface area contributed by atoms with Crippen LogP contribution in [0.2, 0.25) is 18.1 Å². The molecule has 0 bridgehead atoms. The summed E-state index contributed by atoms with van der Waals surface area (Å²) in [5.41, 5.74) is -0.768. The summed E-state index contributed by atoms with van der Waals surface area (Å²) in [6.07, 6.45) is 8.88. The average Bonchev–Trinajstić information content (AvgIpc) is 2.65. The van der Waals surface area contributed by atoms with E-state index in [0.717, 1.165) is 19.3 Å². The first-order chi connectivity index (χ1) is 14.4. The molecule has 0 radical (unpaired) electrons. The van der Waals surface area contributed by atoms with E-state index in [1.807, 2.05) is 11.0 Å². The Morgan fingerprint density at radius 3 is 2.71 bits per heavy atom. The second-order valence-electron chi connectivity index (χ2n) is 10.5. The van der Waals surface area contributed by atoms with Crippen molar-refractivity contribution in [2.75, 3.05) is 6.54 Å².